The SMILES string of the molecule is CCCCCCc1ccc(OC(C)=O)cc1.[NaH]. The number of aryl methyl sites for hydroxylation is 1. The molecule has 1 aromatic rings. The van der Waals surface area contributed by atoms with Crippen LogP contribution in [0.4, 0.5) is 0 Å². The van der Waals surface area contributed by atoms with Gasteiger partial charge in [-0.2, -0.15) is 0 Å². The topological polar surface area (TPSA) is 26.3 Å². The maximum atomic E-state index is 10.7. The summed E-state index contributed by atoms with van der Waals surface area (Å²) in [5.74, 6) is 0.362. The third-order valence-electron chi connectivity index (χ3n) is 2.50. The van der Waals surface area contributed by atoms with Gasteiger partial charge < -0.3 is 4.74 Å². The van der Waals surface area contributed by atoms with Gasteiger partial charge in [-0.15, -0.1) is 0 Å². The van der Waals surface area contributed by atoms with Gasteiger partial charge in [-0.1, -0.05) is 38.3 Å². The van der Waals surface area contributed by atoms with Crippen LogP contribution in [0.2, 0.25) is 0 Å². The normalized spacial score (nSPS) is 9.53. The molecule has 0 unspecified atom stereocenters. The second-order valence-electron chi connectivity index (χ2n) is 4.05. The second kappa shape index (κ2) is 9.69. The molecule has 0 saturated heterocycles. The third-order valence-corrected chi connectivity index (χ3v) is 2.50. The first-order valence-electron chi connectivity index (χ1n) is 5.99. The Morgan fingerprint density at radius 2 is 1.76 bits per heavy atom. The molecule has 1 rings (SSSR count). The zero-order valence-electron chi connectivity index (χ0n) is 10.2. The Morgan fingerprint density at radius 1 is 1.12 bits per heavy atom. The fourth-order valence-electron chi connectivity index (χ4n) is 1.65. The van der Waals surface area contributed by atoms with Crippen LogP contribution in [0.25, 0.3) is 0 Å². The predicted molar refractivity (Wildman–Crippen MR) is 72.7 cm³/mol. The quantitative estimate of drug-likeness (QED) is 0.333. The molecule has 0 aliphatic rings. The Bertz CT molecular complexity index is 319. The molecule has 0 aliphatic carbocycles. The first kappa shape index (κ1) is 16.7. The average Bonchev–Trinajstić information content (AvgIpc) is 2.26. The fourth-order valence-corrected chi connectivity index (χ4v) is 1.65. The molecule has 2 nitrogen and oxygen atoms in total. The van der Waals surface area contributed by atoms with E-state index in [0.29, 0.717) is 5.75 Å². The van der Waals surface area contributed by atoms with Crippen LogP contribution in [0.1, 0.15) is 45.1 Å². The Kier molecular flexibility index (Phi) is 9.52. The van der Waals surface area contributed by atoms with Crippen molar-refractivity contribution in [1.82, 2.24) is 0 Å². The van der Waals surface area contributed by atoms with Crippen LogP contribution in [0.5, 0.6) is 5.75 Å². The van der Waals surface area contributed by atoms with Crippen LogP contribution < -0.4 is 4.74 Å². The summed E-state index contributed by atoms with van der Waals surface area (Å²) in [6.45, 7) is 3.63. The van der Waals surface area contributed by atoms with Crippen LogP contribution >= 0.6 is 0 Å². The van der Waals surface area contributed by atoms with Crippen molar-refractivity contribution in [3.8, 4) is 5.75 Å². The predicted octanol–water partition coefficient (Wildman–Crippen LogP) is 3.09. The van der Waals surface area contributed by atoms with Gasteiger partial charge in [-0.3, -0.25) is 4.79 Å². The van der Waals surface area contributed by atoms with Crippen LogP contribution in [0.3, 0.4) is 0 Å². The Labute approximate surface area is 126 Å². The van der Waals surface area contributed by atoms with Crippen molar-refractivity contribution in [3.05, 3.63) is 29.8 Å². The molecule has 0 aromatic heterocycles. The second-order valence-corrected chi connectivity index (χ2v) is 4.05. The summed E-state index contributed by atoms with van der Waals surface area (Å²) in [5.41, 5.74) is 1.31. The Morgan fingerprint density at radius 3 is 2.29 bits per heavy atom. The minimum absolute atomic E-state index is 0. The van der Waals surface area contributed by atoms with Gasteiger partial charge in [-0.25, -0.2) is 0 Å². The molecule has 17 heavy (non-hydrogen) atoms. The summed E-state index contributed by atoms with van der Waals surface area (Å²) in [6, 6.07) is 7.78. The molecule has 0 saturated carbocycles. The molecule has 0 heterocycles. The monoisotopic (exact) mass is 244 g/mol. The van der Waals surface area contributed by atoms with Crippen molar-refractivity contribution < 1.29 is 9.53 Å². The van der Waals surface area contributed by atoms with Gasteiger partial charge in [0, 0.05) is 6.92 Å². The molecule has 0 amide bonds. The van der Waals surface area contributed by atoms with E-state index in [0.717, 1.165) is 6.42 Å². The molecule has 0 bridgehead atoms. The summed E-state index contributed by atoms with van der Waals surface area (Å²) in [5, 5.41) is 0. The van der Waals surface area contributed by atoms with E-state index in [-0.39, 0.29) is 35.5 Å². The minimum atomic E-state index is -0.268. The van der Waals surface area contributed by atoms with Gasteiger partial charge in [0.05, 0.1) is 0 Å². The summed E-state index contributed by atoms with van der Waals surface area (Å²) >= 11 is 0. The maximum absolute atomic E-state index is 10.7. The summed E-state index contributed by atoms with van der Waals surface area (Å²) in [7, 11) is 0. The summed E-state index contributed by atoms with van der Waals surface area (Å²) < 4.78 is 4.97. The molecule has 0 radical (unpaired) electrons. The Hall–Kier alpha value is -0.310. The molecule has 0 spiro atoms. The van der Waals surface area contributed by atoms with E-state index in [1.54, 1.807) is 0 Å². The number of benzene rings is 1. The van der Waals surface area contributed by atoms with Crippen molar-refractivity contribution in [1.29, 1.82) is 0 Å². The van der Waals surface area contributed by atoms with E-state index in [2.05, 4.69) is 6.92 Å². The van der Waals surface area contributed by atoms with Crippen molar-refractivity contribution >= 4 is 35.5 Å². The number of carbonyl (C=O) groups is 1. The van der Waals surface area contributed by atoms with E-state index < -0.39 is 0 Å². The van der Waals surface area contributed by atoms with E-state index in [1.165, 1.54) is 38.2 Å². The standard InChI is InChI=1S/C14H20O2.Na.H/c1-3-4-5-6-7-13-8-10-14(11-9-13)16-12(2)15;;/h8-11H,3-7H2,1-2H3;;. The van der Waals surface area contributed by atoms with Gasteiger partial charge in [0.1, 0.15) is 5.75 Å². The van der Waals surface area contributed by atoms with E-state index in [1.807, 2.05) is 24.3 Å². The zero-order chi connectivity index (χ0) is 11.8. The number of hydrogen-bond donors (Lipinski definition) is 0. The van der Waals surface area contributed by atoms with Gasteiger partial charge in [0.25, 0.3) is 0 Å². The molecule has 0 aliphatic heterocycles. The van der Waals surface area contributed by atoms with E-state index in [9.17, 15) is 4.79 Å². The molecular weight excluding hydrogens is 223 g/mol. The van der Waals surface area contributed by atoms with Crippen molar-refractivity contribution in [2.24, 2.45) is 0 Å². The van der Waals surface area contributed by atoms with Crippen LogP contribution in [0.15, 0.2) is 24.3 Å². The number of hydrogen-bond acceptors (Lipinski definition) is 2. The third kappa shape index (κ3) is 7.58. The van der Waals surface area contributed by atoms with Gasteiger partial charge in [0.2, 0.25) is 0 Å². The molecule has 0 N–H and O–H groups in total. The molecule has 90 valence electrons. The van der Waals surface area contributed by atoms with Crippen LogP contribution in [0, 0.1) is 0 Å². The van der Waals surface area contributed by atoms with Gasteiger partial charge >= 0.3 is 35.5 Å². The number of ether oxygens (including phenoxy) is 1. The Balaban J connectivity index is 0.00000256. The van der Waals surface area contributed by atoms with Crippen molar-refractivity contribution in [2.75, 3.05) is 0 Å². The van der Waals surface area contributed by atoms with Gasteiger partial charge in [0.15, 0.2) is 0 Å². The number of rotatable bonds is 6. The molecule has 0 atom stereocenters. The first-order chi connectivity index (χ1) is 7.72. The van der Waals surface area contributed by atoms with Crippen LogP contribution in [-0.4, -0.2) is 35.5 Å². The number of carbonyl (C=O) groups excluding carboxylic acids is 1. The van der Waals surface area contributed by atoms with E-state index >= 15 is 0 Å². The number of unbranched alkanes of at least 4 members (excludes halogenated alkanes) is 3. The zero-order valence-corrected chi connectivity index (χ0v) is 10.2. The summed E-state index contributed by atoms with van der Waals surface area (Å²) in [4.78, 5) is 10.7. The van der Waals surface area contributed by atoms with Crippen LogP contribution in [-0.2, 0) is 11.2 Å². The summed E-state index contributed by atoms with van der Waals surface area (Å²) in [6.07, 6.45) is 6.22. The van der Waals surface area contributed by atoms with Crippen molar-refractivity contribution in [3.63, 3.8) is 0 Å². The first-order valence-corrected chi connectivity index (χ1v) is 5.99. The van der Waals surface area contributed by atoms with E-state index in [4.69, 9.17) is 4.74 Å². The molecular formula is C14H21NaO2. The van der Waals surface area contributed by atoms with Gasteiger partial charge in [-0.05, 0) is 30.5 Å². The number of esters is 1. The molecule has 3 heteroatoms. The fraction of sp³-hybridized carbons (Fsp3) is 0.500. The molecule has 0 fully saturated rings. The van der Waals surface area contributed by atoms with Crippen molar-refractivity contribution in [2.45, 2.75) is 46.0 Å². The molecule has 1 aromatic carbocycles. The average molecular weight is 244 g/mol.